The number of rotatable bonds is 9. The van der Waals surface area contributed by atoms with Crippen molar-refractivity contribution in [2.24, 2.45) is 0 Å². The van der Waals surface area contributed by atoms with E-state index >= 15 is 0 Å². The molecule has 196 valence electrons. The van der Waals surface area contributed by atoms with Gasteiger partial charge < -0.3 is 31.1 Å². The fourth-order valence-corrected chi connectivity index (χ4v) is 4.15. The van der Waals surface area contributed by atoms with Crippen LogP contribution in [0.5, 0.6) is 11.5 Å². The number of pyridine rings is 1. The van der Waals surface area contributed by atoms with E-state index in [9.17, 15) is 14.7 Å². The third-order valence-electron chi connectivity index (χ3n) is 6.09. The van der Waals surface area contributed by atoms with Crippen molar-refractivity contribution in [2.45, 2.75) is 19.5 Å². The van der Waals surface area contributed by atoms with Crippen LogP contribution in [0, 0.1) is 0 Å². The maximum Gasteiger partial charge on any atom is 0.253 e. The number of phenolic OH excluding ortho intramolecular Hbond substituents is 1. The van der Waals surface area contributed by atoms with Crippen LogP contribution in [0.4, 0.5) is 11.5 Å². The summed E-state index contributed by atoms with van der Waals surface area (Å²) in [6.45, 7) is 2.33. The maximum atomic E-state index is 13.6. The van der Waals surface area contributed by atoms with Crippen molar-refractivity contribution in [3.8, 4) is 11.5 Å². The summed E-state index contributed by atoms with van der Waals surface area (Å²) >= 11 is 0. The van der Waals surface area contributed by atoms with Gasteiger partial charge >= 0.3 is 0 Å². The summed E-state index contributed by atoms with van der Waals surface area (Å²) < 4.78 is 5.55. The zero-order chi connectivity index (χ0) is 27.2. The van der Waals surface area contributed by atoms with Crippen molar-refractivity contribution in [1.29, 1.82) is 0 Å². The number of aromatic hydroxyl groups is 1. The first kappa shape index (κ1) is 26.3. The second-order valence-electron chi connectivity index (χ2n) is 8.94. The lowest BCUT2D eigenvalue weighted by Gasteiger charge is -2.22. The Labute approximate surface area is 221 Å². The highest BCUT2D eigenvalue weighted by atomic mass is 16.5. The Bertz CT molecular complexity index is 1470. The molecule has 1 atom stereocenters. The number of nitrogen functional groups attached to an aromatic ring is 1. The summed E-state index contributed by atoms with van der Waals surface area (Å²) in [4.78, 5) is 31.8. The first-order valence-corrected chi connectivity index (χ1v) is 12.2. The first-order chi connectivity index (χ1) is 18.3. The van der Waals surface area contributed by atoms with Crippen molar-refractivity contribution >= 4 is 34.1 Å². The predicted molar refractivity (Wildman–Crippen MR) is 148 cm³/mol. The molecule has 0 fully saturated rings. The molecule has 0 spiro atoms. The Morgan fingerprint density at radius 1 is 1.08 bits per heavy atom. The Kier molecular flexibility index (Phi) is 7.96. The molecule has 1 aromatic heterocycles. The van der Waals surface area contributed by atoms with Gasteiger partial charge in [-0.05, 0) is 65.9 Å². The van der Waals surface area contributed by atoms with Gasteiger partial charge in [-0.1, -0.05) is 24.3 Å². The van der Waals surface area contributed by atoms with E-state index in [1.54, 1.807) is 44.6 Å². The molecule has 0 bridgehead atoms. The largest absolute Gasteiger partial charge is 0.504 e. The van der Waals surface area contributed by atoms with Gasteiger partial charge in [-0.2, -0.15) is 0 Å². The van der Waals surface area contributed by atoms with Gasteiger partial charge in [0, 0.05) is 43.5 Å². The predicted octanol–water partition coefficient (Wildman–Crippen LogP) is 4.09. The Morgan fingerprint density at radius 3 is 2.63 bits per heavy atom. The zero-order valence-electron chi connectivity index (χ0n) is 21.6. The highest BCUT2D eigenvalue weighted by molar-refractivity contribution is 5.96. The molecule has 4 rings (SSSR count). The topological polar surface area (TPSA) is 130 Å². The molecule has 0 saturated heterocycles. The molecular formula is C29H31N5O4. The number of carbonyl (C=O) groups is 2. The quantitative estimate of drug-likeness (QED) is 0.265. The van der Waals surface area contributed by atoms with Crippen LogP contribution >= 0.6 is 0 Å². The van der Waals surface area contributed by atoms with Crippen LogP contribution in [-0.4, -0.2) is 47.5 Å². The number of fused-ring (bicyclic) bond motifs is 1. The molecule has 0 aliphatic rings. The summed E-state index contributed by atoms with van der Waals surface area (Å²) in [5, 5.41) is 18.1. The molecule has 5 N–H and O–H groups in total. The number of hydrogen-bond donors (Lipinski definition) is 4. The third kappa shape index (κ3) is 5.78. The van der Waals surface area contributed by atoms with E-state index in [1.807, 2.05) is 43.3 Å². The summed E-state index contributed by atoms with van der Waals surface area (Å²) in [6, 6.07) is 18.6. The van der Waals surface area contributed by atoms with Gasteiger partial charge in [0.05, 0.1) is 6.61 Å². The third-order valence-corrected chi connectivity index (χ3v) is 6.09. The SMILES string of the molecule is CCOc1cc(C(Nc2ccc3c(N)nccc3c2)C(=O)NCc2ccccc2C(=O)N(C)C)ccc1O. The van der Waals surface area contributed by atoms with Gasteiger partial charge in [0.15, 0.2) is 11.5 Å². The van der Waals surface area contributed by atoms with Crippen LogP contribution in [0.1, 0.15) is 34.5 Å². The first-order valence-electron chi connectivity index (χ1n) is 12.2. The number of hydrogen-bond acceptors (Lipinski definition) is 7. The molecule has 0 aliphatic carbocycles. The molecule has 2 amide bonds. The fourth-order valence-electron chi connectivity index (χ4n) is 4.15. The number of amides is 2. The molecule has 1 heterocycles. The maximum absolute atomic E-state index is 13.6. The molecule has 3 aromatic carbocycles. The number of benzene rings is 3. The van der Waals surface area contributed by atoms with Gasteiger partial charge in [0.2, 0.25) is 5.91 Å². The van der Waals surface area contributed by atoms with E-state index in [1.165, 1.54) is 11.0 Å². The normalized spacial score (nSPS) is 11.6. The molecule has 0 radical (unpaired) electrons. The number of carbonyl (C=O) groups excluding carboxylic acids is 2. The second-order valence-corrected chi connectivity index (χ2v) is 8.94. The molecule has 4 aromatic rings. The molecule has 9 nitrogen and oxygen atoms in total. The van der Waals surface area contributed by atoms with Crippen molar-refractivity contribution in [3.63, 3.8) is 0 Å². The average molecular weight is 514 g/mol. The van der Waals surface area contributed by atoms with Crippen LogP contribution in [0.2, 0.25) is 0 Å². The van der Waals surface area contributed by atoms with E-state index in [-0.39, 0.29) is 29.9 Å². The lowest BCUT2D eigenvalue weighted by molar-refractivity contribution is -0.122. The summed E-state index contributed by atoms with van der Waals surface area (Å²) in [6.07, 6.45) is 1.63. The molecule has 9 heteroatoms. The number of nitrogens with zero attached hydrogens (tertiary/aromatic N) is 2. The van der Waals surface area contributed by atoms with Gasteiger partial charge in [-0.15, -0.1) is 0 Å². The summed E-state index contributed by atoms with van der Waals surface area (Å²) in [7, 11) is 3.37. The van der Waals surface area contributed by atoms with Crippen LogP contribution in [0.25, 0.3) is 10.8 Å². The number of ether oxygens (including phenoxy) is 1. The van der Waals surface area contributed by atoms with Crippen LogP contribution in [-0.2, 0) is 11.3 Å². The smallest absolute Gasteiger partial charge is 0.253 e. The van der Waals surface area contributed by atoms with Gasteiger partial charge in [-0.3, -0.25) is 9.59 Å². The number of nitrogens with two attached hydrogens (primary N) is 1. The zero-order valence-corrected chi connectivity index (χ0v) is 21.6. The average Bonchev–Trinajstić information content (AvgIpc) is 2.91. The van der Waals surface area contributed by atoms with Crippen molar-refractivity contribution < 1.29 is 19.4 Å². The van der Waals surface area contributed by atoms with E-state index in [2.05, 4.69) is 15.6 Å². The van der Waals surface area contributed by atoms with E-state index in [4.69, 9.17) is 10.5 Å². The summed E-state index contributed by atoms with van der Waals surface area (Å²) in [5.74, 6) is 0.228. The Morgan fingerprint density at radius 2 is 1.87 bits per heavy atom. The minimum atomic E-state index is -0.830. The highest BCUT2D eigenvalue weighted by Gasteiger charge is 2.23. The number of anilines is 2. The van der Waals surface area contributed by atoms with Crippen LogP contribution in [0.15, 0.2) is 72.9 Å². The molecular weight excluding hydrogens is 482 g/mol. The number of aromatic nitrogens is 1. The molecule has 1 unspecified atom stereocenters. The van der Waals surface area contributed by atoms with Crippen LogP contribution in [0.3, 0.4) is 0 Å². The minimum Gasteiger partial charge on any atom is -0.504 e. The standard InChI is InChI=1S/C29H31N5O4/c1-4-38-25-16-19(9-12-24(25)35)26(33-21-10-11-22-18(15-21)13-14-31-27(22)30)28(36)32-17-20-7-5-6-8-23(20)29(37)34(2)3/h5-16,26,33,35H,4,17H2,1-3H3,(H2,30,31)(H,32,36). The summed E-state index contributed by atoms with van der Waals surface area (Å²) in [5.41, 5.74) is 8.50. The highest BCUT2D eigenvalue weighted by Crippen LogP contribution is 2.32. The minimum absolute atomic E-state index is 0.0143. The van der Waals surface area contributed by atoms with E-state index in [0.29, 0.717) is 34.8 Å². The van der Waals surface area contributed by atoms with Crippen molar-refractivity contribution in [3.05, 3.63) is 89.6 Å². The van der Waals surface area contributed by atoms with Crippen molar-refractivity contribution in [1.82, 2.24) is 15.2 Å². The Hall–Kier alpha value is -4.79. The van der Waals surface area contributed by atoms with Crippen LogP contribution < -0.4 is 21.1 Å². The van der Waals surface area contributed by atoms with Gasteiger partial charge in [0.25, 0.3) is 5.91 Å². The molecule has 38 heavy (non-hydrogen) atoms. The van der Waals surface area contributed by atoms with Crippen molar-refractivity contribution in [2.75, 3.05) is 31.8 Å². The second kappa shape index (κ2) is 11.5. The Balaban J connectivity index is 1.65. The van der Waals surface area contributed by atoms with E-state index < -0.39 is 6.04 Å². The number of phenols is 1. The number of nitrogens with one attached hydrogen (secondary N) is 2. The van der Waals surface area contributed by atoms with Gasteiger partial charge in [0.1, 0.15) is 11.9 Å². The molecule has 0 saturated carbocycles. The molecule has 0 aliphatic heterocycles. The van der Waals surface area contributed by atoms with E-state index in [0.717, 1.165) is 10.8 Å². The van der Waals surface area contributed by atoms with Gasteiger partial charge in [-0.25, -0.2) is 4.98 Å². The lowest BCUT2D eigenvalue weighted by atomic mass is 10.0. The monoisotopic (exact) mass is 513 g/mol. The lowest BCUT2D eigenvalue weighted by Crippen LogP contribution is -2.34. The fraction of sp³-hybridized carbons (Fsp3) is 0.207.